The summed E-state index contributed by atoms with van der Waals surface area (Å²) in [5.74, 6) is -0.841. The van der Waals surface area contributed by atoms with Gasteiger partial charge in [0.2, 0.25) is 0 Å². The zero-order valence-electron chi connectivity index (χ0n) is 13.4. The van der Waals surface area contributed by atoms with Gasteiger partial charge in [-0.2, -0.15) is 0 Å². The maximum atomic E-state index is 11.9. The van der Waals surface area contributed by atoms with Crippen molar-refractivity contribution in [2.75, 3.05) is 19.0 Å². The molecule has 0 spiro atoms. The third kappa shape index (κ3) is 4.68. The number of carbonyl (C=O) groups excluding carboxylic acids is 2. The highest BCUT2D eigenvalue weighted by Gasteiger charge is 2.23. The van der Waals surface area contributed by atoms with Gasteiger partial charge in [-0.1, -0.05) is 19.3 Å². The summed E-state index contributed by atoms with van der Waals surface area (Å²) in [6, 6.07) is 4.08. The summed E-state index contributed by atoms with van der Waals surface area (Å²) >= 11 is 0. The number of nitro benzene ring substituents is 1. The molecular formula is C16H20N2O6. The Balaban J connectivity index is 1.92. The highest BCUT2D eigenvalue weighted by atomic mass is 16.6. The Morgan fingerprint density at radius 1 is 1.29 bits per heavy atom. The summed E-state index contributed by atoms with van der Waals surface area (Å²) < 4.78 is 9.94. The van der Waals surface area contributed by atoms with E-state index in [-0.39, 0.29) is 23.3 Å². The van der Waals surface area contributed by atoms with E-state index in [4.69, 9.17) is 9.47 Å². The molecule has 1 aromatic carbocycles. The van der Waals surface area contributed by atoms with Gasteiger partial charge in [0.05, 0.1) is 24.0 Å². The minimum atomic E-state index is -0.619. The number of anilines is 1. The highest BCUT2D eigenvalue weighted by Crippen LogP contribution is 2.29. The number of rotatable bonds is 6. The lowest BCUT2D eigenvalue weighted by molar-refractivity contribution is -0.384. The molecular weight excluding hydrogens is 316 g/mol. The predicted molar refractivity (Wildman–Crippen MR) is 85.8 cm³/mol. The smallest absolute Gasteiger partial charge is 0.309 e. The monoisotopic (exact) mass is 336 g/mol. The van der Waals surface area contributed by atoms with Crippen molar-refractivity contribution in [3.63, 3.8) is 0 Å². The minimum absolute atomic E-state index is 0.0273. The lowest BCUT2D eigenvalue weighted by atomic mass is 9.89. The van der Waals surface area contributed by atoms with Crippen LogP contribution < -0.4 is 10.1 Å². The Kier molecular flexibility index (Phi) is 6.11. The van der Waals surface area contributed by atoms with Gasteiger partial charge in [-0.25, -0.2) is 0 Å². The lowest BCUT2D eigenvalue weighted by Gasteiger charge is -2.19. The Morgan fingerprint density at radius 2 is 2.00 bits per heavy atom. The summed E-state index contributed by atoms with van der Waals surface area (Å²) in [4.78, 5) is 34.2. The minimum Gasteiger partial charge on any atom is -0.496 e. The van der Waals surface area contributed by atoms with Crippen LogP contribution in [0.1, 0.15) is 32.1 Å². The van der Waals surface area contributed by atoms with E-state index in [0.29, 0.717) is 5.75 Å². The Morgan fingerprint density at radius 3 is 2.62 bits per heavy atom. The maximum Gasteiger partial charge on any atom is 0.309 e. The number of nitrogens with one attached hydrogen (secondary N) is 1. The summed E-state index contributed by atoms with van der Waals surface area (Å²) in [5.41, 5.74) is -0.263. The molecule has 1 N–H and O–H groups in total. The second kappa shape index (κ2) is 8.28. The van der Waals surface area contributed by atoms with Crippen molar-refractivity contribution in [3.05, 3.63) is 28.3 Å². The molecule has 1 amide bonds. The molecule has 1 aliphatic carbocycles. The summed E-state index contributed by atoms with van der Waals surface area (Å²) in [6.45, 7) is -0.460. The van der Waals surface area contributed by atoms with Crippen molar-refractivity contribution in [1.29, 1.82) is 0 Å². The van der Waals surface area contributed by atoms with E-state index in [0.717, 1.165) is 32.1 Å². The molecule has 1 saturated carbocycles. The first-order valence-electron chi connectivity index (χ1n) is 7.80. The molecule has 24 heavy (non-hydrogen) atoms. The van der Waals surface area contributed by atoms with Crippen LogP contribution in [-0.2, 0) is 14.3 Å². The second-order valence-electron chi connectivity index (χ2n) is 5.63. The van der Waals surface area contributed by atoms with E-state index >= 15 is 0 Å². The molecule has 1 aliphatic rings. The standard InChI is InChI=1S/C16H20N2O6/c1-23-12-7-8-13(14(9-12)18(21)22)17-15(19)10-24-16(20)11-5-3-2-4-6-11/h7-9,11H,2-6,10H2,1H3,(H,17,19). The topological polar surface area (TPSA) is 108 Å². The van der Waals surface area contributed by atoms with E-state index in [1.54, 1.807) is 0 Å². The quantitative estimate of drug-likeness (QED) is 0.486. The number of nitro groups is 1. The predicted octanol–water partition coefficient (Wildman–Crippen LogP) is 2.67. The fraction of sp³-hybridized carbons (Fsp3) is 0.500. The van der Waals surface area contributed by atoms with E-state index in [2.05, 4.69) is 5.32 Å². The number of nitrogens with zero attached hydrogens (tertiary/aromatic N) is 1. The maximum absolute atomic E-state index is 11.9. The molecule has 2 rings (SSSR count). The molecule has 0 saturated heterocycles. The fourth-order valence-corrected chi connectivity index (χ4v) is 2.67. The highest BCUT2D eigenvalue weighted by molar-refractivity contribution is 5.95. The van der Waals surface area contributed by atoms with Crippen LogP contribution in [0.25, 0.3) is 0 Å². The van der Waals surface area contributed by atoms with Gasteiger partial charge in [0.25, 0.3) is 11.6 Å². The van der Waals surface area contributed by atoms with Crippen LogP contribution in [-0.4, -0.2) is 30.5 Å². The zero-order valence-corrected chi connectivity index (χ0v) is 13.4. The first-order chi connectivity index (χ1) is 11.5. The van der Waals surface area contributed by atoms with Crippen molar-refractivity contribution in [2.24, 2.45) is 5.92 Å². The molecule has 1 aromatic rings. The molecule has 0 unspecified atom stereocenters. The van der Waals surface area contributed by atoms with Crippen LogP contribution in [0, 0.1) is 16.0 Å². The number of amides is 1. The fourth-order valence-electron chi connectivity index (χ4n) is 2.67. The van der Waals surface area contributed by atoms with Crippen LogP contribution in [0.4, 0.5) is 11.4 Å². The average molecular weight is 336 g/mol. The molecule has 8 nitrogen and oxygen atoms in total. The molecule has 0 aliphatic heterocycles. The summed E-state index contributed by atoms with van der Waals surface area (Å²) in [7, 11) is 1.39. The Bertz CT molecular complexity index is 625. The Labute approximate surface area is 139 Å². The number of ether oxygens (including phenoxy) is 2. The second-order valence-corrected chi connectivity index (χ2v) is 5.63. The van der Waals surface area contributed by atoms with Gasteiger partial charge in [-0.05, 0) is 25.0 Å². The van der Waals surface area contributed by atoms with E-state index in [9.17, 15) is 19.7 Å². The van der Waals surface area contributed by atoms with Crippen LogP contribution in [0.2, 0.25) is 0 Å². The lowest BCUT2D eigenvalue weighted by Crippen LogP contribution is -2.26. The number of benzene rings is 1. The van der Waals surface area contributed by atoms with Gasteiger partial charge >= 0.3 is 5.97 Å². The zero-order chi connectivity index (χ0) is 17.5. The van der Waals surface area contributed by atoms with E-state index in [1.807, 2.05) is 0 Å². The molecule has 0 aromatic heterocycles. The molecule has 130 valence electrons. The molecule has 1 fully saturated rings. The van der Waals surface area contributed by atoms with Crippen LogP contribution in [0.15, 0.2) is 18.2 Å². The van der Waals surface area contributed by atoms with Gasteiger partial charge in [0, 0.05) is 0 Å². The third-order valence-electron chi connectivity index (χ3n) is 3.96. The summed E-state index contributed by atoms with van der Waals surface area (Å²) in [6.07, 6.45) is 4.66. The van der Waals surface area contributed by atoms with Crippen LogP contribution in [0.5, 0.6) is 5.75 Å². The largest absolute Gasteiger partial charge is 0.496 e. The SMILES string of the molecule is COc1ccc(NC(=O)COC(=O)C2CCCCC2)c([N+](=O)[O-])c1. The molecule has 0 heterocycles. The number of hydrogen-bond donors (Lipinski definition) is 1. The van der Waals surface area contributed by atoms with Crippen molar-refractivity contribution < 1.29 is 24.0 Å². The van der Waals surface area contributed by atoms with Crippen molar-refractivity contribution in [1.82, 2.24) is 0 Å². The molecule has 0 atom stereocenters. The number of hydrogen-bond acceptors (Lipinski definition) is 6. The van der Waals surface area contributed by atoms with E-state index in [1.165, 1.54) is 25.3 Å². The van der Waals surface area contributed by atoms with E-state index < -0.39 is 17.4 Å². The Hall–Kier alpha value is -2.64. The van der Waals surface area contributed by atoms with Crippen molar-refractivity contribution in [2.45, 2.75) is 32.1 Å². The van der Waals surface area contributed by atoms with Gasteiger partial charge < -0.3 is 14.8 Å². The van der Waals surface area contributed by atoms with Crippen LogP contribution in [0.3, 0.4) is 0 Å². The third-order valence-corrected chi connectivity index (χ3v) is 3.96. The first kappa shape index (κ1) is 17.7. The van der Waals surface area contributed by atoms with Gasteiger partial charge in [-0.15, -0.1) is 0 Å². The van der Waals surface area contributed by atoms with Crippen molar-refractivity contribution >= 4 is 23.3 Å². The molecule has 8 heteroatoms. The normalized spacial score (nSPS) is 14.7. The number of esters is 1. The molecule has 0 radical (unpaired) electrons. The first-order valence-corrected chi connectivity index (χ1v) is 7.80. The van der Waals surface area contributed by atoms with Gasteiger partial charge in [-0.3, -0.25) is 19.7 Å². The molecule has 0 bridgehead atoms. The van der Waals surface area contributed by atoms with Crippen molar-refractivity contribution in [3.8, 4) is 5.75 Å². The van der Waals surface area contributed by atoms with Gasteiger partial charge in [0.15, 0.2) is 6.61 Å². The average Bonchev–Trinajstić information content (AvgIpc) is 2.60. The number of carbonyl (C=O) groups is 2. The van der Waals surface area contributed by atoms with Crippen LogP contribution >= 0.6 is 0 Å². The van der Waals surface area contributed by atoms with Gasteiger partial charge in [0.1, 0.15) is 11.4 Å². The summed E-state index contributed by atoms with van der Waals surface area (Å²) in [5, 5.41) is 13.4. The number of methoxy groups -OCH3 is 1.